The van der Waals surface area contributed by atoms with Crippen LogP contribution in [-0.2, 0) is 0 Å². The Morgan fingerprint density at radius 3 is 1.81 bits per heavy atom. The van der Waals surface area contributed by atoms with Gasteiger partial charge in [0.1, 0.15) is 5.82 Å². The molecule has 0 heterocycles. The van der Waals surface area contributed by atoms with Gasteiger partial charge >= 0.3 is 6.09 Å². The van der Waals surface area contributed by atoms with E-state index in [0.29, 0.717) is 12.5 Å². The van der Waals surface area contributed by atoms with E-state index in [1.165, 1.54) is 57.1 Å². The van der Waals surface area contributed by atoms with Gasteiger partial charge in [0, 0.05) is 6.54 Å². The fourth-order valence-electron chi connectivity index (χ4n) is 4.24. The van der Waals surface area contributed by atoms with E-state index in [2.05, 4.69) is 20.8 Å². The molecule has 1 N–H and O–H groups in total. The summed E-state index contributed by atoms with van der Waals surface area (Å²) >= 11 is 0. The normalized spacial score (nSPS) is 13.0. The number of carboxylic acid groups (broad SMARTS) is 1. The summed E-state index contributed by atoms with van der Waals surface area (Å²) in [6, 6.07) is 6.05. The summed E-state index contributed by atoms with van der Waals surface area (Å²) in [5, 5.41) is 9.24. The van der Waals surface area contributed by atoms with E-state index in [9.17, 15) is 14.3 Å². The van der Waals surface area contributed by atoms with Gasteiger partial charge in [0.15, 0.2) is 0 Å². The maximum Gasteiger partial charge on any atom is 0.411 e. The Labute approximate surface area is 198 Å². The van der Waals surface area contributed by atoms with E-state index < -0.39 is 11.9 Å². The van der Waals surface area contributed by atoms with E-state index in [4.69, 9.17) is 0 Å². The van der Waals surface area contributed by atoms with Gasteiger partial charge in [0.2, 0.25) is 0 Å². The second-order valence-corrected chi connectivity index (χ2v) is 8.08. The average Bonchev–Trinajstić information content (AvgIpc) is 2.82. The molecule has 0 saturated heterocycles. The molecule has 0 unspecified atom stereocenters. The third-order valence-corrected chi connectivity index (χ3v) is 5.63. The number of hydrogen-bond donors (Lipinski definition) is 1. The van der Waals surface area contributed by atoms with E-state index in [-0.39, 0.29) is 5.69 Å². The molecular weight excluding hydrogens is 401 g/mol. The van der Waals surface area contributed by atoms with E-state index in [1.807, 2.05) is 27.7 Å². The van der Waals surface area contributed by atoms with Gasteiger partial charge in [-0.1, -0.05) is 118 Å². The third-order valence-electron chi connectivity index (χ3n) is 5.63. The fourth-order valence-corrected chi connectivity index (χ4v) is 4.24. The quantitative estimate of drug-likeness (QED) is 0.404. The number of anilines is 1. The van der Waals surface area contributed by atoms with Crippen molar-refractivity contribution in [1.29, 1.82) is 0 Å². The first-order chi connectivity index (χ1) is 15.5. The highest BCUT2D eigenvalue weighted by atomic mass is 19.1. The molecule has 4 heteroatoms. The molecule has 188 valence electrons. The molecule has 3 nitrogen and oxygen atoms in total. The largest absolute Gasteiger partial charge is 0.465 e. The highest BCUT2D eigenvalue weighted by Gasteiger charge is 2.23. The summed E-state index contributed by atoms with van der Waals surface area (Å²) in [5.74, 6) is 0.908. The van der Waals surface area contributed by atoms with E-state index in [1.54, 1.807) is 12.1 Å². The molecule has 0 aliphatic heterocycles. The number of para-hydroxylation sites is 1. The van der Waals surface area contributed by atoms with Crippen LogP contribution in [0.2, 0.25) is 0 Å². The van der Waals surface area contributed by atoms with Crippen LogP contribution in [0.25, 0.3) is 0 Å². The highest BCUT2D eigenvalue weighted by molar-refractivity contribution is 5.86. The number of nitrogens with zero attached hydrogens (tertiary/aromatic N) is 1. The first-order valence-electron chi connectivity index (χ1n) is 13.3. The zero-order chi connectivity index (χ0) is 24.8. The number of hydrogen-bond acceptors (Lipinski definition) is 1. The van der Waals surface area contributed by atoms with Crippen molar-refractivity contribution in [3.63, 3.8) is 0 Å². The van der Waals surface area contributed by atoms with Crippen LogP contribution < -0.4 is 4.90 Å². The molecule has 1 fully saturated rings. The maximum absolute atomic E-state index is 13.6. The van der Waals surface area contributed by atoms with Crippen molar-refractivity contribution in [3.05, 3.63) is 30.1 Å². The topological polar surface area (TPSA) is 40.5 Å². The predicted molar refractivity (Wildman–Crippen MR) is 139 cm³/mol. The zero-order valence-electron chi connectivity index (χ0n) is 22.1. The van der Waals surface area contributed by atoms with Crippen LogP contribution in [0.1, 0.15) is 119 Å². The monoisotopic (exact) mass is 453 g/mol. The highest BCUT2D eigenvalue weighted by Crippen LogP contribution is 2.27. The first-order valence-corrected chi connectivity index (χ1v) is 13.3. The van der Waals surface area contributed by atoms with Crippen LogP contribution >= 0.6 is 0 Å². The van der Waals surface area contributed by atoms with Gasteiger partial charge in [0.05, 0.1) is 5.69 Å². The number of carbonyl (C=O) groups is 1. The molecule has 0 aromatic heterocycles. The lowest BCUT2D eigenvalue weighted by atomic mass is 9.89. The van der Waals surface area contributed by atoms with Crippen molar-refractivity contribution < 1.29 is 14.3 Å². The molecule has 1 aliphatic carbocycles. The van der Waals surface area contributed by atoms with Crippen molar-refractivity contribution in [1.82, 2.24) is 0 Å². The van der Waals surface area contributed by atoms with Crippen LogP contribution in [0, 0.1) is 17.7 Å². The van der Waals surface area contributed by atoms with Crippen molar-refractivity contribution in [2.45, 2.75) is 119 Å². The maximum atomic E-state index is 13.6. The molecule has 1 aromatic carbocycles. The van der Waals surface area contributed by atoms with Gasteiger partial charge in [0.25, 0.3) is 0 Å². The number of amides is 1. The molecule has 2 rings (SSSR count). The van der Waals surface area contributed by atoms with E-state index >= 15 is 0 Å². The van der Waals surface area contributed by atoms with Crippen molar-refractivity contribution >= 4 is 11.8 Å². The zero-order valence-corrected chi connectivity index (χ0v) is 22.1. The van der Waals surface area contributed by atoms with Crippen molar-refractivity contribution in [3.8, 4) is 0 Å². The third kappa shape index (κ3) is 14.5. The second kappa shape index (κ2) is 22.6. The van der Waals surface area contributed by atoms with Gasteiger partial charge in [-0.25, -0.2) is 9.18 Å². The molecule has 1 amide bonds. The summed E-state index contributed by atoms with van der Waals surface area (Å²) < 4.78 is 13.6. The minimum absolute atomic E-state index is 0.163. The Morgan fingerprint density at radius 2 is 1.41 bits per heavy atom. The lowest BCUT2D eigenvalue weighted by Gasteiger charge is -2.28. The van der Waals surface area contributed by atoms with Gasteiger partial charge in [-0.15, -0.1) is 0 Å². The molecule has 0 radical (unpaired) electrons. The minimum Gasteiger partial charge on any atom is -0.465 e. The number of benzene rings is 1. The van der Waals surface area contributed by atoms with Crippen LogP contribution in [0.15, 0.2) is 24.3 Å². The van der Waals surface area contributed by atoms with Crippen LogP contribution in [0.5, 0.6) is 0 Å². The Balaban J connectivity index is 0. The average molecular weight is 454 g/mol. The molecule has 1 saturated carbocycles. The summed E-state index contributed by atoms with van der Waals surface area (Å²) in [7, 11) is 0. The standard InChI is InChI=1S/C14H18FNO2.C10H22.2C2H6/c15-12-8-4-5-9-13(12)16(14(17)18)10-11-6-2-1-3-7-11;1-4-7-10(8-5-2)9-6-3;2*1-2/h4-5,8-9,11H,1-3,6-7,10H2,(H,17,18);10H,4-9H2,1-3H3;2*1-2H3. The molecule has 0 atom stereocenters. The van der Waals surface area contributed by atoms with Gasteiger partial charge in [-0.2, -0.15) is 0 Å². The summed E-state index contributed by atoms with van der Waals surface area (Å²) in [5.41, 5.74) is 0.163. The molecular formula is C28H52FNO2. The van der Waals surface area contributed by atoms with Crippen molar-refractivity contribution in [2.24, 2.45) is 11.8 Å². The SMILES string of the molecule is CC.CC.CCCC(CCC)CCC.O=C(O)N(CC1CCCCC1)c1ccccc1F. The predicted octanol–water partition coefficient (Wildman–Crippen LogP) is 9.95. The van der Waals surface area contributed by atoms with Crippen LogP contribution in [0.3, 0.4) is 0 Å². The Kier molecular flexibility index (Phi) is 23.0. The van der Waals surface area contributed by atoms with Gasteiger partial charge < -0.3 is 5.11 Å². The smallest absolute Gasteiger partial charge is 0.411 e. The molecule has 32 heavy (non-hydrogen) atoms. The van der Waals surface area contributed by atoms with Crippen molar-refractivity contribution in [2.75, 3.05) is 11.4 Å². The lowest BCUT2D eigenvalue weighted by Crippen LogP contribution is -2.35. The molecule has 1 aromatic rings. The molecule has 0 spiro atoms. The summed E-state index contributed by atoms with van der Waals surface area (Å²) in [6.45, 7) is 15.3. The Hall–Kier alpha value is -1.58. The second-order valence-electron chi connectivity index (χ2n) is 8.08. The fraction of sp³-hybridized carbons (Fsp3) is 0.750. The molecule has 0 bridgehead atoms. The number of rotatable bonds is 9. The summed E-state index contributed by atoms with van der Waals surface area (Å²) in [4.78, 5) is 12.4. The van der Waals surface area contributed by atoms with Gasteiger partial charge in [-0.05, 0) is 36.8 Å². The van der Waals surface area contributed by atoms with Crippen LogP contribution in [-0.4, -0.2) is 17.7 Å². The Morgan fingerprint density at radius 1 is 0.938 bits per heavy atom. The first kappa shape index (κ1) is 32.6. The van der Waals surface area contributed by atoms with Gasteiger partial charge in [-0.3, -0.25) is 4.90 Å². The lowest BCUT2D eigenvalue weighted by molar-refractivity contribution is 0.198. The van der Waals surface area contributed by atoms with E-state index in [0.717, 1.165) is 36.5 Å². The Bertz CT molecular complexity index is 530. The minimum atomic E-state index is -1.08. The summed E-state index contributed by atoms with van der Waals surface area (Å²) in [6.07, 6.45) is 13.0. The van der Waals surface area contributed by atoms with Crippen LogP contribution in [0.4, 0.5) is 14.9 Å². The number of halogens is 1. The molecule has 1 aliphatic rings.